The summed E-state index contributed by atoms with van der Waals surface area (Å²) in [5, 5.41) is 14.4. The first-order valence-electron chi connectivity index (χ1n) is 9.19. The molecule has 0 radical (unpaired) electrons. The summed E-state index contributed by atoms with van der Waals surface area (Å²) in [6.07, 6.45) is 1.56. The lowest BCUT2D eigenvalue weighted by Gasteiger charge is -2.12. The van der Waals surface area contributed by atoms with Gasteiger partial charge in [-0.25, -0.2) is 0 Å². The lowest BCUT2D eigenvalue weighted by molar-refractivity contribution is -0.118. The van der Waals surface area contributed by atoms with Crippen LogP contribution in [-0.2, 0) is 15.3 Å². The van der Waals surface area contributed by atoms with Crippen molar-refractivity contribution in [2.75, 3.05) is 24.4 Å². The van der Waals surface area contributed by atoms with E-state index in [1.165, 1.54) is 37.1 Å². The Balaban J connectivity index is 1.56. The number of thioether (sulfide) groups is 1. The van der Waals surface area contributed by atoms with Crippen molar-refractivity contribution in [3.05, 3.63) is 47.2 Å². The molecule has 11 heteroatoms. The highest BCUT2D eigenvalue weighted by Crippen LogP contribution is 2.30. The third-order valence-corrected chi connectivity index (χ3v) is 5.81. The molecular formula is C20H21N5O4S2. The van der Waals surface area contributed by atoms with Gasteiger partial charge >= 0.3 is 0 Å². The van der Waals surface area contributed by atoms with E-state index in [2.05, 4.69) is 25.8 Å². The van der Waals surface area contributed by atoms with Gasteiger partial charge in [-0.05, 0) is 31.2 Å². The van der Waals surface area contributed by atoms with E-state index in [0.717, 1.165) is 15.0 Å². The number of aryl methyl sites for hydroxylation is 1. The van der Waals surface area contributed by atoms with Crippen LogP contribution in [0.15, 0.2) is 40.9 Å². The van der Waals surface area contributed by atoms with Gasteiger partial charge in [-0.15, -0.1) is 10.2 Å². The molecule has 3 rings (SSSR count). The molecule has 0 aliphatic carbocycles. The molecule has 2 N–H and O–H groups in total. The number of carbonyl (C=O) groups excluding carboxylic acids is 2. The van der Waals surface area contributed by atoms with E-state index < -0.39 is 0 Å². The fourth-order valence-corrected chi connectivity index (χ4v) is 4.18. The van der Waals surface area contributed by atoms with Crippen LogP contribution in [0.5, 0.6) is 11.5 Å². The zero-order valence-electron chi connectivity index (χ0n) is 17.2. The largest absolute Gasteiger partial charge is 0.491 e. The van der Waals surface area contributed by atoms with E-state index in [1.54, 1.807) is 36.5 Å². The molecule has 0 fully saturated rings. The summed E-state index contributed by atoms with van der Waals surface area (Å²) in [7, 11) is 1.51. The van der Waals surface area contributed by atoms with Crippen molar-refractivity contribution in [2.24, 2.45) is 0 Å². The number of carbonyl (C=O) groups is 2. The van der Waals surface area contributed by atoms with Gasteiger partial charge in [0.1, 0.15) is 5.01 Å². The molecule has 1 aromatic carbocycles. The van der Waals surface area contributed by atoms with Crippen molar-refractivity contribution >= 4 is 46.3 Å². The molecule has 3 aromatic rings. The summed E-state index contributed by atoms with van der Waals surface area (Å²) in [5.41, 5.74) is 2.01. The Morgan fingerprint density at radius 3 is 2.42 bits per heavy atom. The summed E-state index contributed by atoms with van der Waals surface area (Å²) in [4.78, 5) is 27.7. The number of anilines is 2. The maximum atomic E-state index is 12.3. The maximum Gasteiger partial charge on any atom is 0.262 e. The van der Waals surface area contributed by atoms with Crippen molar-refractivity contribution in [1.82, 2.24) is 15.2 Å². The zero-order chi connectivity index (χ0) is 22.2. The predicted molar refractivity (Wildman–Crippen MR) is 120 cm³/mol. The van der Waals surface area contributed by atoms with Crippen LogP contribution in [0, 0.1) is 6.92 Å². The lowest BCUT2D eigenvalue weighted by atomic mass is 10.2. The monoisotopic (exact) mass is 459 g/mol. The third kappa shape index (κ3) is 6.93. The first-order valence-corrected chi connectivity index (χ1v) is 11.0. The highest BCUT2D eigenvalue weighted by molar-refractivity contribution is 8.00. The van der Waals surface area contributed by atoms with Crippen LogP contribution in [0.1, 0.15) is 17.6 Å². The van der Waals surface area contributed by atoms with Gasteiger partial charge in [0, 0.05) is 30.1 Å². The number of methoxy groups -OCH3 is 1. The van der Waals surface area contributed by atoms with E-state index in [4.69, 9.17) is 9.47 Å². The van der Waals surface area contributed by atoms with Gasteiger partial charge in [0.25, 0.3) is 5.91 Å². The van der Waals surface area contributed by atoms with Crippen LogP contribution in [-0.4, -0.2) is 40.7 Å². The number of ether oxygens (including phenoxy) is 2. The minimum absolute atomic E-state index is 0.160. The number of rotatable bonds is 9. The molecule has 31 heavy (non-hydrogen) atoms. The highest BCUT2D eigenvalue weighted by Gasteiger charge is 2.11. The molecule has 0 aliphatic heterocycles. The first kappa shape index (κ1) is 22.5. The second-order valence-electron chi connectivity index (χ2n) is 6.30. The molecular weight excluding hydrogens is 438 g/mol. The second kappa shape index (κ2) is 10.7. The van der Waals surface area contributed by atoms with Gasteiger partial charge in [0.2, 0.25) is 5.91 Å². The Morgan fingerprint density at radius 2 is 1.81 bits per heavy atom. The number of hydrogen-bond acceptors (Lipinski definition) is 9. The molecule has 162 valence electrons. The number of aromatic nitrogens is 3. The Hall–Kier alpha value is -3.18. The number of nitrogens with one attached hydrogen (secondary N) is 2. The average molecular weight is 460 g/mol. The topological polar surface area (TPSA) is 115 Å². The van der Waals surface area contributed by atoms with E-state index in [1.807, 2.05) is 6.92 Å². The summed E-state index contributed by atoms with van der Waals surface area (Å²) < 4.78 is 11.8. The van der Waals surface area contributed by atoms with Crippen LogP contribution in [0.4, 0.5) is 11.4 Å². The molecule has 9 nitrogen and oxygen atoms in total. The fourth-order valence-electron chi connectivity index (χ4n) is 2.46. The van der Waals surface area contributed by atoms with Crippen LogP contribution in [0.25, 0.3) is 0 Å². The van der Waals surface area contributed by atoms with Gasteiger partial charge in [0.15, 0.2) is 22.4 Å². The minimum Gasteiger partial charge on any atom is -0.491 e. The minimum atomic E-state index is -0.327. The van der Waals surface area contributed by atoms with Crippen LogP contribution < -0.4 is 20.1 Å². The quantitative estimate of drug-likeness (QED) is 0.467. The van der Waals surface area contributed by atoms with Gasteiger partial charge in [-0.2, -0.15) is 0 Å². The number of hydrogen-bond donors (Lipinski definition) is 2. The van der Waals surface area contributed by atoms with Gasteiger partial charge < -0.3 is 20.1 Å². The molecule has 0 spiro atoms. The van der Waals surface area contributed by atoms with Crippen molar-refractivity contribution in [2.45, 2.75) is 23.9 Å². The van der Waals surface area contributed by atoms with E-state index in [-0.39, 0.29) is 18.4 Å². The Kier molecular flexibility index (Phi) is 7.79. The van der Waals surface area contributed by atoms with Crippen LogP contribution in [0.3, 0.4) is 0 Å². The van der Waals surface area contributed by atoms with E-state index in [0.29, 0.717) is 28.6 Å². The van der Waals surface area contributed by atoms with Crippen molar-refractivity contribution in [1.29, 1.82) is 0 Å². The Morgan fingerprint density at radius 1 is 1.10 bits per heavy atom. The lowest BCUT2D eigenvalue weighted by Crippen LogP contribution is -2.20. The maximum absolute atomic E-state index is 12.3. The van der Waals surface area contributed by atoms with Crippen molar-refractivity contribution in [3.8, 4) is 11.5 Å². The molecule has 0 saturated heterocycles. The van der Waals surface area contributed by atoms with E-state index in [9.17, 15) is 9.59 Å². The van der Waals surface area contributed by atoms with Crippen molar-refractivity contribution < 1.29 is 19.1 Å². The van der Waals surface area contributed by atoms with Crippen LogP contribution >= 0.6 is 23.1 Å². The number of benzene rings is 1. The smallest absolute Gasteiger partial charge is 0.262 e. The van der Waals surface area contributed by atoms with Crippen LogP contribution in [0.2, 0.25) is 0 Å². The SMILES string of the molecule is COc1cnc(CSc2nnc(C)s2)cc1OCC(=O)Nc1ccc(NC(C)=O)cc1. The summed E-state index contributed by atoms with van der Waals surface area (Å²) in [6, 6.07) is 8.54. The molecule has 0 aliphatic rings. The third-order valence-electron chi connectivity index (χ3n) is 3.81. The standard InChI is InChI=1S/C20H21N5O4S2/c1-12(26)22-14-4-6-15(7-5-14)23-19(27)10-29-17-8-16(21-9-18(17)28-3)11-30-20-25-24-13(2)31-20/h4-9H,10-11H2,1-3H3,(H,22,26)(H,23,27). The Labute approximate surface area is 187 Å². The number of nitrogens with zero attached hydrogens (tertiary/aromatic N) is 3. The number of pyridine rings is 1. The molecule has 0 bridgehead atoms. The summed E-state index contributed by atoms with van der Waals surface area (Å²) in [5.74, 6) is 0.965. The van der Waals surface area contributed by atoms with Gasteiger partial charge in [-0.3, -0.25) is 14.6 Å². The predicted octanol–water partition coefficient (Wildman–Crippen LogP) is 3.52. The zero-order valence-corrected chi connectivity index (χ0v) is 18.8. The van der Waals surface area contributed by atoms with E-state index >= 15 is 0 Å². The van der Waals surface area contributed by atoms with Gasteiger partial charge in [-0.1, -0.05) is 23.1 Å². The second-order valence-corrected chi connectivity index (χ2v) is 8.70. The highest BCUT2D eigenvalue weighted by atomic mass is 32.2. The first-order chi connectivity index (χ1) is 14.9. The normalized spacial score (nSPS) is 10.4. The summed E-state index contributed by atoms with van der Waals surface area (Å²) in [6.45, 7) is 3.14. The molecule has 0 atom stereocenters. The average Bonchev–Trinajstić information content (AvgIpc) is 3.17. The molecule has 0 saturated carbocycles. The molecule has 0 unspecified atom stereocenters. The van der Waals surface area contributed by atoms with Crippen molar-refractivity contribution in [3.63, 3.8) is 0 Å². The summed E-state index contributed by atoms with van der Waals surface area (Å²) >= 11 is 3.05. The fraction of sp³-hybridized carbons (Fsp3) is 0.250. The molecule has 2 amide bonds. The molecule has 2 heterocycles. The van der Waals surface area contributed by atoms with Gasteiger partial charge in [0.05, 0.1) is 19.0 Å². The number of amides is 2. The molecule has 2 aromatic heterocycles. The Bertz CT molecular complexity index is 1060.